The summed E-state index contributed by atoms with van der Waals surface area (Å²) in [4.78, 5) is 32.3. The van der Waals surface area contributed by atoms with E-state index in [1.54, 1.807) is 13.8 Å². The van der Waals surface area contributed by atoms with E-state index in [1.165, 1.54) is 12.1 Å². The molecule has 1 aromatic rings. The first-order chi connectivity index (χ1) is 9.23. The number of aliphatic carboxylic acids is 1. The first kappa shape index (κ1) is 16.0. The number of nitrogens with zero attached hydrogens (tertiary/aromatic N) is 1. The molecule has 7 nitrogen and oxygen atoms in total. The quantitative estimate of drug-likeness (QED) is 0.470. The Balaban J connectivity index is 3.20. The average Bonchev–Trinajstić information content (AvgIpc) is 2.34. The van der Waals surface area contributed by atoms with Gasteiger partial charge in [0.25, 0.3) is 5.69 Å². The number of aromatic carboxylic acids is 1. The molecule has 1 rings (SSSR count). The smallest absolute Gasteiger partial charge is 0.335 e. The van der Waals surface area contributed by atoms with Crippen LogP contribution in [0.15, 0.2) is 23.1 Å². The number of carboxylic acid groups (broad SMARTS) is 2. The van der Waals surface area contributed by atoms with Crippen LogP contribution in [0.2, 0.25) is 0 Å². The van der Waals surface area contributed by atoms with Crippen LogP contribution in [-0.2, 0) is 4.79 Å². The molecule has 8 heteroatoms. The summed E-state index contributed by atoms with van der Waals surface area (Å²) in [6.07, 6.45) is 0. The summed E-state index contributed by atoms with van der Waals surface area (Å²) >= 11 is 0.846. The maximum absolute atomic E-state index is 11.1. The Labute approximate surface area is 118 Å². The van der Waals surface area contributed by atoms with E-state index in [9.17, 15) is 19.7 Å². The van der Waals surface area contributed by atoms with Gasteiger partial charge in [-0.05, 0) is 18.1 Å². The molecular weight excluding hydrogens is 286 g/mol. The largest absolute Gasteiger partial charge is 0.480 e. The highest BCUT2D eigenvalue weighted by molar-refractivity contribution is 8.00. The van der Waals surface area contributed by atoms with Gasteiger partial charge in [0.05, 0.1) is 15.4 Å². The van der Waals surface area contributed by atoms with Gasteiger partial charge in [0.1, 0.15) is 5.25 Å². The molecule has 0 aliphatic heterocycles. The van der Waals surface area contributed by atoms with Crippen LogP contribution >= 0.6 is 11.8 Å². The summed E-state index contributed by atoms with van der Waals surface area (Å²) in [6, 6.07) is 3.42. The number of benzene rings is 1. The van der Waals surface area contributed by atoms with E-state index in [4.69, 9.17) is 10.2 Å². The molecule has 0 saturated heterocycles. The summed E-state index contributed by atoms with van der Waals surface area (Å²) in [5, 5.41) is 28.0. The van der Waals surface area contributed by atoms with Gasteiger partial charge in [-0.2, -0.15) is 0 Å². The number of hydrogen-bond acceptors (Lipinski definition) is 5. The predicted octanol–water partition coefficient (Wildman–Crippen LogP) is 2.49. The van der Waals surface area contributed by atoms with Crippen LogP contribution < -0.4 is 0 Å². The summed E-state index contributed by atoms with van der Waals surface area (Å²) in [5.74, 6) is -2.57. The highest BCUT2D eigenvalue weighted by atomic mass is 32.2. The number of carbonyl (C=O) groups is 2. The lowest BCUT2D eigenvalue weighted by Crippen LogP contribution is -2.22. The van der Waals surface area contributed by atoms with Gasteiger partial charge in [-0.15, -0.1) is 11.8 Å². The van der Waals surface area contributed by atoms with Crippen molar-refractivity contribution in [1.82, 2.24) is 0 Å². The molecule has 0 heterocycles. The molecule has 0 aliphatic rings. The standard InChI is InChI=1S/C12H13NO6S/c1-6(2)10(12(16)17)20-9-4-3-7(11(14)15)5-8(9)13(18)19/h3-6,10H,1-2H3,(H,14,15)(H,16,17). The third kappa shape index (κ3) is 3.70. The van der Waals surface area contributed by atoms with Crippen LogP contribution in [0.3, 0.4) is 0 Å². The van der Waals surface area contributed by atoms with Crippen LogP contribution in [0.25, 0.3) is 0 Å². The van der Waals surface area contributed by atoms with Crippen LogP contribution in [0.5, 0.6) is 0 Å². The lowest BCUT2D eigenvalue weighted by molar-refractivity contribution is -0.387. The molecule has 0 fully saturated rings. The van der Waals surface area contributed by atoms with Crippen LogP contribution in [0.1, 0.15) is 24.2 Å². The van der Waals surface area contributed by atoms with Crippen molar-refractivity contribution in [3.63, 3.8) is 0 Å². The molecular formula is C12H13NO6S. The summed E-state index contributed by atoms with van der Waals surface area (Å²) in [7, 11) is 0. The lowest BCUT2D eigenvalue weighted by Gasteiger charge is -2.15. The molecule has 1 unspecified atom stereocenters. The number of nitro groups is 1. The van der Waals surface area contributed by atoms with Crippen LogP contribution in [-0.4, -0.2) is 32.3 Å². The van der Waals surface area contributed by atoms with E-state index >= 15 is 0 Å². The van der Waals surface area contributed by atoms with Crippen molar-refractivity contribution < 1.29 is 24.7 Å². The Morgan fingerprint density at radius 2 is 1.90 bits per heavy atom. The lowest BCUT2D eigenvalue weighted by atomic mass is 10.1. The normalized spacial score (nSPS) is 12.2. The van der Waals surface area contributed by atoms with Crippen molar-refractivity contribution >= 4 is 29.4 Å². The second kappa shape index (κ2) is 6.38. The summed E-state index contributed by atoms with van der Waals surface area (Å²) in [5.41, 5.74) is -0.612. The van der Waals surface area contributed by atoms with Crippen molar-refractivity contribution in [1.29, 1.82) is 0 Å². The van der Waals surface area contributed by atoms with Crippen molar-refractivity contribution in [3.05, 3.63) is 33.9 Å². The molecule has 0 aliphatic carbocycles. The van der Waals surface area contributed by atoms with Gasteiger partial charge >= 0.3 is 11.9 Å². The third-order valence-corrected chi connectivity index (χ3v) is 4.10. The van der Waals surface area contributed by atoms with E-state index in [-0.39, 0.29) is 16.4 Å². The Morgan fingerprint density at radius 1 is 1.30 bits per heavy atom. The molecule has 0 amide bonds. The molecule has 1 atom stereocenters. The van der Waals surface area contributed by atoms with Crippen LogP contribution in [0, 0.1) is 16.0 Å². The van der Waals surface area contributed by atoms with Gasteiger partial charge < -0.3 is 10.2 Å². The fourth-order valence-corrected chi connectivity index (χ4v) is 2.55. The molecule has 0 spiro atoms. The average molecular weight is 299 g/mol. The SMILES string of the molecule is CC(C)C(Sc1ccc(C(=O)O)cc1[N+](=O)[O-])C(=O)O. The topological polar surface area (TPSA) is 118 Å². The van der Waals surface area contributed by atoms with Gasteiger partial charge in [0, 0.05) is 6.07 Å². The number of nitro benzene ring substituents is 1. The predicted molar refractivity (Wildman–Crippen MR) is 72.2 cm³/mol. The van der Waals surface area contributed by atoms with Crippen molar-refractivity contribution in [2.45, 2.75) is 24.0 Å². The molecule has 0 aromatic heterocycles. The van der Waals surface area contributed by atoms with Gasteiger partial charge in [0.2, 0.25) is 0 Å². The highest BCUT2D eigenvalue weighted by Crippen LogP contribution is 2.35. The fraction of sp³-hybridized carbons (Fsp3) is 0.333. The van der Waals surface area contributed by atoms with Crippen molar-refractivity contribution in [2.75, 3.05) is 0 Å². The fourth-order valence-electron chi connectivity index (χ4n) is 1.50. The van der Waals surface area contributed by atoms with Crippen LogP contribution in [0.4, 0.5) is 5.69 Å². The monoisotopic (exact) mass is 299 g/mol. The zero-order valence-electron chi connectivity index (χ0n) is 10.8. The first-order valence-electron chi connectivity index (χ1n) is 5.65. The zero-order chi connectivity index (χ0) is 15.4. The minimum Gasteiger partial charge on any atom is -0.480 e. The van der Waals surface area contributed by atoms with E-state index in [0.29, 0.717) is 0 Å². The second-order valence-electron chi connectivity index (χ2n) is 4.37. The summed E-state index contributed by atoms with van der Waals surface area (Å²) in [6.45, 7) is 3.40. The molecule has 0 saturated carbocycles. The van der Waals surface area contributed by atoms with Gasteiger partial charge in [-0.25, -0.2) is 4.79 Å². The van der Waals surface area contributed by atoms with E-state index in [0.717, 1.165) is 17.8 Å². The molecule has 0 radical (unpaired) electrons. The molecule has 20 heavy (non-hydrogen) atoms. The Kier molecular flexibility index (Phi) is 5.09. The second-order valence-corrected chi connectivity index (χ2v) is 5.55. The van der Waals surface area contributed by atoms with Gasteiger partial charge in [0.15, 0.2) is 0 Å². The zero-order valence-corrected chi connectivity index (χ0v) is 11.6. The summed E-state index contributed by atoms with van der Waals surface area (Å²) < 4.78 is 0. The maximum atomic E-state index is 11.1. The number of rotatable bonds is 6. The molecule has 0 bridgehead atoms. The molecule has 2 N–H and O–H groups in total. The molecule has 108 valence electrons. The Bertz CT molecular complexity index is 557. The minimum absolute atomic E-state index is 0.140. The van der Waals surface area contributed by atoms with Gasteiger partial charge in [-0.1, -0.05) is 13.8 Å². The third-order valence-electron chi connectivity index (χ3n) is 2.51. The van der Waals surface area contributed by atoms with E-state index in [1.807, 2.05) is 0 Å². The maximum Gasteiger partial charge on any atom is 0.335 e. The van der Waals surface area contributed by atoms with Crippen molar-refractivity contribution in [2.24, 2.45) is 5.92 Å². The number of carboxylic acids is 2. The number of thioether (sulfide) groups is 1. The Morgan fingerprint density at radius 3 is 2.30 bits per heavy atom. The van der Waals surface area contributed by atoms with E-state index < -0.39 is 27.8 Å². The minimum atomic E-state index is -1.27. The van der Waals surface area contributed by atoms with Gasteiger partial charge in [-0.3, -0.25) is 14.9 Å². The molecule has 1 aromatic carbocycles. The van der Waals surface area contributed by atoms with E-state index in [2.05, 4.69) is 0 Å². The Hall–Kier alpha value is -2.09. The first-order valence-corrected chi connectivity index (χ1v) is 6.53. The van der Waals surface area contributed by atoms with Crippen molar-refractivity contribution in [3.8, 4) is 0 Å². The highest BCUT2D eigenvalue weighted by Gasteiger charge is 2.27. The number of hydrogen-bond donors (Lipinski definition) is 2.